The minimum atomic E-state index is -0.149. The summed E-state index contributed by atoms with van der Waals surface area (Å²) in [4.78, 5) is 24.6. The molecular weight excluding hydrogens is 218 g/mol. The molecule has 1 saturated carbocycles. The molecule has 0 atom stereocenters. The molecule has 5 nitrogen and oxygen atoms in total. The number of hydrogen-bond donors (Lipinski definition) is 2. The zero-order valence-corrected chi connectivity index (χ0v) is 10.8. The van der Waals surface area contributed by atoms with Gasteiger partial charge in [0.25, 0.3) is 0 Å². The first kappa shape index (κ1) is 13.8. The first-order valence-electron chi connectivity index (χ1n) is 6.41. The number of amides is 3. The first-order chi connectivity index (χ1) is 8.13. The van der Waals surface area contributed by atoms with Gasteiger partial charge >= 0.3 is 6.03 Å². The predicted molar refractivity (Wildman–Crippen MR) is 66.7 cm³/mol. The second-order valence-electron chi connectivity index (χ2n) is 4.64. The fourth-order valence-corrected chi connectivity index (χ4v) is 1.96. The molecule has 1 rings (SSSR count). The highest BCUT2D eigenvalue weighted by Gasteiger charge is 2.19. The van der Waals surface area contributed by atoms with Crippen molar-refractivity contribution in [2.24, 2.45) is 0 Å². The van der Waals surface area contributed by atoms with Gasteiger partial charge in [-0.05, 0) is 19.3 Å². The summed E-state index contributed by atoms with van der Waals surface area (Å²) >= 11 is 0. The number of nitrogens with zero attached hydrogens (tertiary/aromatic N) is 1. The molecule has 1 aliphatic rings. The van der Waals surface area contributed by atoms with Crippen molar-refractivity contribution in [3.8, 4) is 0 Å². The zero-order valence-electron chi connectivity index (χ0n) is 10.8. The minimum Gasteiger partial charge on any atom is -0.355 e. The summed E-state index contributed by atoms with van der Waals surface area (Å²) in [6.45, 7) is 2.78. The quantitative estimate of drug-likeness (QED) is 0.757. The number of rotatable bonds is 5. The van der Waals surface area contributed by atoms with Gasteiger partial charge in [0.05, 0.1) is 0 Å². The average molecular weight is 241 g/mol. The van der Waals surface area contributed by atoms with E-state index in [4.69, 9.17) is 0 Å². The van der Waals surface area contributed by atoms with Crippen LogP contribution in [0.4, 0.5) is 4.79 Å². The molecule has 0 spiro atoms. The van der Waals surface area contributed by atoms with Crippen molar-refractivity contribution in [1.82, 2.24) is 15.5 Å². The van der Waals surface area contributed by atoms with Crippen molar-refractivity contribution < 1.29 is 9.59 Å². The van der Waals surface area contributed by atoms with E-state index < -0.39 is 0 Å². The molecular formula is C12H23N3O2. The molecule has 2 N–H and O–H groups in total. The fraction of sp³-hybridized carbons (Fsp3) is 0.833. The van der Waals surface area contributed by atoms with E-state index >= 15 is 0 Å². The van der Waals surface area contributed by atoms with Crippen LogP contribution in [-0.4, -0.2) is 43.0 Å². The van der Waals surface area contributed by atoms with E-state index in [9.17, 15) is 9.59 Å². The molecule has 0 heterocycles. The SMILES string of the molecule is CCCNC(=O)CN(C)C(=O)NC1CCCC1. The number of carbonyl (C=O) groups excluding carboxylic acids is 2. The highest BCUT2D eigenvalue weighted by molar-refractivity contribution is 5.83. The van der Waals surface area contributed by atoms with Crippen molar-refractivity contribution in [3.63, 3.8) is 0 Å². The van der Waals surface area contributed by atoms with Crippen molar-refractivity contribution >= 4 is 11.9 Å². The Bertz CT molecular complexity index is 262. The lowest BCUT2D eigenvalue weighted by atomic mass is 10.2. The Morgan fingerprint density at radius 1 is 1.29 bits per heavy atom. The zero-order chi connectivity index (χ0) is 12.7. The summed E-state index contributed by atoms with van der Waals surface area (Å²) in [5.41, 5.74) is 0. The summed E-state index contributed by atoms with van der Waals surface area (Å²) in [5, 5.41) is 5.70. The molecule has 98 valence electrons. The van der Waals surface area contributed by atoms with E-state index in [0.29, 0.717) is 12.6 Å². The second-order valence-corrected chi connectivity index (χ2v) is 4.64. The number of nitrogens with one attached hydrogen (secondary N) is 2. The first-order valence-corrected chi connectivity index (χ1v) is 6.41. The molecule has 5 heteroatoms. The molecule has 3 amide bonds. The molecule has 0 aromatic rings. The molecule has 0 unspecified atom stereocenters. The molecule has 17 heavy (non-hydrogen) atoms. The number of urea groups is 1. The molecule has 0 aromatic heterocycles. The Balaban J connectivity index is 2.23. The van der Waals surface area contributed by atoms with Gasteiger partial charge in [-0.15, -0.1) is 0 Å². The van der Waals surface area contributed by atoms with E-state index in [1.165, 1.54) is 17.7 Å². The minimum absolute atomic E-state index is 0.101. The second kappa shape index (κ2) is 7.14. The van der Waals surface area contributed by atoms with E-state index in [0.717, 1.165) is 19.3 Å². The van der Waals surface area contributed by atoms with Crippen LogP contribution in [0.25, 0.3) is 0 Å². The Kier molecular flexibility index (Phi) is 5.80. The molecule has 0 aromatic carbocycles. The topological polar surface area (TPSA) is 61.4 Å². The van der Waals surface area contributed by atoms with Gasteiger partial charge in [-0.2, -0.15) is 0 Å². The third-order valence-electron chi connectivity index (χ3n) is 2.98. The van der Waals surface area contributed by atoms with E-state index in [2.05, 4.69) is 10.6 Å². The Morgan fingerprint density at radius 2 is 1.94 bits per heavy atom. The lowest BCUT2D eigenvalue weighted by Gasteiger charge is -2.20. The standard InChI is InChI=1S/C12H23N3O2/c1-3-8-13-11(16)9-15(2)12(17)14-10-6-4-5-7-10/h10H,3-9H2,1-2H3,(H,13,16)(H,14,17). The van der Waals surface area contributed by atoms with Crippen LogP contribution in [0.2, 0.25) is 0 Å². The Labute approximate surface area is 103 Å². The lowest BCUT2D eigenvalue weighted by Crippen LogP contribution is -2.46. The van der Waals surface area contributed by atoms with E-state index in [1.54, 1.807) is 7.05 Å². The van der Waals surface area contributed by atoms with Gasteiger partial charge in [-0.1, -0.05) is 19.8 Å². The molecule has 1 aliphatic carbocycles. The van der Waals surface area contributed by atoms with Crippen molar-refractivity contribution in [2.75, 3.05) is 20.1 Å². The van der Waals surface area contributed by atoms with Gasteiger partial charge in [-0.25, -0.2) is 4.79 Å². The fourth-order valence-electron chi connectivity index (χ4n) is 1.96. The van der Waals surface area contributed by atoms with Crippen LogP contribution in [-0.2, 0) is 4.79 Å². The third kappa shape index (κ3) is 5.06. The number of likely N-dealkylation sites (N-methyl/N-ethyl adjacent to an activating group) is 1. The summed E-state index contributed by atoms with van der Waals surface area (Å²) in [7, 11) is 1.65. The summed E-state index contributed by atoms with van der Waals surface area (Å²) < 4.78 is 0. The predicted octanol–water partition coefficient (Wildman–Crippen LogP) is 1.10. The van der Waals surface area contributed by atoms with Gasteiger partial charge in [0.2, 0.25) is 5.91 Å². The van der Waals surface area contributed by atoms with E-state index in [-0.39, 0.29) is 18.5 Å². The molecule has 0 radical (unpaired) electrons. The molecule has 1 fully saturated rings. The molecule has 0 saturated heterocycles. The van der Waals surface area contributed by atoms with E-state index in [1.807, 2.05) is 6.92 Å². The summed E-state index contributed by atoms with van der Waals surface area (Å²) in [6.07, 6.45) is 5.39. The number of hydrogen-bond acceptors (Lipinski definition) is 2. The third-order valence-corrected chi connectivity index (χ3v) is 2.98. The lowest BCUT2D eigenvalue weighted by molar-refractivity contribution is -0.121. The largest absolute Gasteiger partial charge is 0.355 e. The Morgan fingerprint density at radius 3 is 2.53 bits per heavy atom. The highest BCUT2D eigenvalue weighted by atomic mass is 16.2. The summed E-state index contributed by atoms with van der Waals surface area (Å²) in [5.74, 6) is -0.101. The molecule has 0 aliphatic heterocycles. The van der Waals surface area contributed by atoms with Crippen LogP contribution in [0.15, 0.2) is 0 Å². The molecule has 0 bridgehead atoms. The van der Waals surface area contributed by atoms with Crippen LogP contribution in [0.3, 0.4) is 0 Å². The maximum atomic E-state index is 11.7. The van der Waals surface area contributed by atoms with Crippen molar-refractivity contribution in [2.45, 2.75) is 45.1 Å². The van der Waals surface area contributed by atoms with Gasteiger partial charge in [-0.3, -0.25) is 4.79 Å². The van der Waals surface area contributed by atoms with Gasteiger partial charge in [0.15, 0.2) is 0 Å². The maximum Gasteiger partial charge on any atom is 0.317 e. The van der Waals surface area contributed by atoms with Crippen LogP contribution < -0.4 is 10.6 Å². The maximum absolute atomic E-state index is 11.7. The number of carbonyl (C=O) groups is 2. The van der Waals surface area contributed by atoms with Gasteiger partial charge in [0.1, 0.15) is 6.54 Å². The van der Waals surface area contributed by atoms with Crippen LogP contribution >= 0.6 is 0 Å². The van der Waals surface area contributed by atoms with Gasteiger partial charge < -0.3 is 15.5 Å². The highest BCUT2D eigenvalue weighted by Crippen LogP contribution is 2.17. The normalized spacial score (nSPS) is 15.6. The van der Waals surface area contributed by atoms with Crippen LogP contribution in [0.1, 0.15) is 39.0 Å². The van der Waals surface area contributed by atoms with Gasteiger partial charge in [0, 0.05) is 19.6 Å². The average Bonchev–Trinajstić information content (AvgIpc) is 2.78. The monoisotopic (exact) mass is 241 g/mol. The van der Waals surface area contributed by atoms with Crippen LogP contribution in [0.5, 0.6) is 0 Å². The smallest absolute Gasteiger partial charge is 0.317 e. The van der Waals surface area contributed by atoms with Crippen LogP contribution in [0, 0.1) is 0 Å². The Hall–Kier alpha value is -1.26. The van der Waals surface area contributed by atoms with Crippen molar-refractivity contribution in [1.29, 1.82) is 0 Å². The van der Waals surface area contributed by atoms with Crippen molar-refractivity contribution in [3.05, 3.63) is 0 Å². The summed E-state index contributed by atoms with van der Waals surface area (Å²) in [6, 6.07) is 0.146.